The molecule has 1 fully saturated rings. The van der Waals surface area contributed by atoms with Gasteiger partial charge >= 0.3 is 12.1 Å². The molecule has 256 valence electrons. The number of aryl methyl sites for hydroxylation is 2. The Morgan fingerprint density at radius 1 is 1.04 bits per heavy atom. The van der Waals surface area contributed by atoms with Gasteiger partial charge in [-0.05, 0) is 74.7 Å². The van der Waals surface area contributed by atoms with Crippen LogP contribution in [-0.4, -0.2) is 52.7 Å². The molecule has 0 radical (unpaired) electrons. The maximum absolute atomic E-state index is 14.0. The Morgan fingerprint density at radius 3 is 2.40 bits per heavy atom. The molecule has 2 aromatic carbocycles. The van der Waals surface area contributed by atoms with Crippen molar-refractivity contribution >= 4 is 22.8 Å². The molecule has 10 nitrogen and oxygen atoms in total. The molecule has 13 heteroatoms. The van der Waals surface area contributed by atoms with Gasteiger partial charge in [0.05, 0.1) is 11.1 Å². The van der Waals surface area contributed by atoms with Gasteiger partial charge in [-0.2, -0.15) is 13.2 Å². The molecule has 0 spiro atoms. The number of halogens is 3. The van der Waals surface area contributed by atoms with Crippen LogP contribution in [0.4, 0.5) is 13.2 Å². The van der Waals surface area contributed by atoms with E-state index in [9.17, 15) is 22.8 Å². The minimum Gasteiger partial charge on any atom is -0.487 e. The second-order valence-electron chi connectivity index (χ2n) is 11.8. The summed E-state index contributed by atoms with van der Waals surface area (Å²) in [5.74, 6) is -0.961. The zero-order chi connectivity index (χ0) is 34.3. The molecular weight excluding hydrogens is 629 g/mol. The maximum atomic E-state index is 14.0. The first-order chi connectivity index (χ1) is 23.1. The van der Waals surface area contributed by atoms with Gasteiger partial charge in [-0.1, -0.05) is 50.0 Å². The summed E-state index contributed by atoms with van der Waals surface area (Å²) in [6.07, 6.45) is -2.03. The number of ether oxygens (including phenoxy) is 3. The highest BCUT2D eigenvalue weighted by Gasteiger charge is 2.39. The van der Waals surface area contributed by atoms with E-state index in [0.717, 1.165) is 31.6 Å². The molecule has 1 aliphatic heterocycles. The fraction of sp³-hybridized carbons (Fsp3) is 0.429. The summed E-state index contributed by atoms with van der Waals surface area (Å²) in [5.41, 5.74) is 6.39. The van der Waals surface area contributed by atoms with E-state index < -0.39 is 36.0 Å². The van der Waals surface area contributed by atoms with Gasteiger partial charge in [-0.15, -0.1) is 0 Å². The van der Waals surface area contributed by atoms with Crippen LogP contribution in [0.15, 0.2) is 59.3 Å². The molecule has 0 saturated carbocycles. The topological polar surface area (TPSA) is 130 Å². The number of likely N-dealkylation sites (tertiary alicyclic amines) is 1. The fourth-order valence-corrected chi connectivity index (χ4v) is 5.81. The van der Waals surface area contributed by atoms with Gasteiger partial charge in [0, 0.05) is 23.9 Å². The molecule has 1 saturated heterocycles. The zero-order valence-corrected chi connectivity index (χ0v) is 26.9. The van der Waals surface area contributed by atoms with Crippen LogP contribution in [-0.2, 0) is 40.0 Å². The highest BCUT2D eigenvalue weighted by Crippen LogP contribution is 2.42. The SMILES string of the molecule is CCCc1cc2c(C(F)(F)F)noc2c(CCC)c1OC(C(=O)O[C@H](CN1CCCC1)C(N)=O)c1ccc(OCc2ccccn2)cc1. The maximum Gasteiger partial charge on any atom is 0.437 e. The summed E-state index contributed by atoms with van der Waals surface area (Å²) in [4.78, 5) is 32.6. The summed E-state index contributed by atoms with van der Waals surface area (Å²) in [7, 11) is 0. The van der Waals surface area contributed by atoms with Crippen LogP contribution < -0.4 is 15.2 Å². The molecule has 1 unspecified atom stereocenters. The lowest BCUT2D eigenvalue weighted by atomic mass is 9.97. The number of carbonyl (C=O) groups is 2. The van der Waals surface area contributed by atoms with Crippen LogP contribution in [0.3, 0.4) is 0 Å². The third-order valence-electron chi connectivity index (χ3n) is 8.12. The van der Waals surface area contributed by atoms with Crippen molar-refractivity contribution in [2.75, 3.05) is 19.6 Å². The number of hydrogen-bond acceptors (Lipinski definition) is 9. The van der Waals surface area contributed by atoms with Crippen molar-refractivity contribution in [1.82, 2.24) is 15.0 Å². The quantitative estimate of drug-likeness (QED) is 0.144. The van der Waals surface area contributed by atoms with E-state index in [-0.39, 0.29) is 36.3 Å². The Morgan fingerprint density at radius 2 is 1.77 bits per heavy atom. The Bertz CT molecular complexity index is 1690. The van der Waals surface area contributed by atoms with Crippen molar-refractivity contribution in [3.63, 3.8) is 0 Å². The van der Waals surface area contributed by atoms with Crippen molar-refractivity contribution in [3.8, 4) is 11.5 Å². The van der Waals surface area contributed by atoms with Crippen molar-refractivity contribution in [2.24, 2.45) is 5.73 Å². The van der Waals surface area contributed by atoms with Crippen molar-refractivity contribution < 1.29 is 41.5 Å². The molecule has 1 amide bonds. The fourth-order valence-electron chi connectivity index (χ4n) is 5.81. The van der Waals surface area contributed by atoms with Crippen LogP contribution in [0.25, 0.3) is 11.0 Å². The van der Waals surface area contributed by atoms with Crippen LogP contribution in [0.1, 0.15) is 73.7 Å². The molecule has 2 N–H and O–H groups in total. The molecule has 1 aliphatic rings. The number of fused-ring (bicyclic) bond motifs is 1. The van der Waals surface area contributed by atoms with Crippen molar-refractivity contribution in [1.29, 1.82) is 0 Å². The molecule has 4 aromatic rings. The van der Waals surface area contributed by atoms with E-state index in [2.05, 4.69) is 10.1 Å². The Hall–Kier alpha value is -4.65. The van der Waals surface area contributed by atoms with E-state index >= 15 is 0 Å². The number of nitrogens with zero attached hydrogens (tertiary/aromatic N) is 3. The molecule has 2 atom stereocenters. The monoisotopic (exact) mass is 668 g/mol. The summed E-state index contributed by atoms with van der Waals surface area (Å²) in [6, 6.07) is 13.4. The smallest absolute Gasteiger partial charge is 0.437 e. The minimum atomic E-state index is -4.73. The third kappa shape index (κ3) is 8.25. The van der Waals surface area contributed by atoms with E-state index in [0.29, 0.717) is 41.7 Å². The second-order valence-corrected chi connectivity index (χ2v) is 11.8. The molecule has 0 bridgehead atoms. The molecule has 5 rings (SSSR count). The zero-order valence-electron chi connectivity index (χ0n) is 26.9. The highest BCUT2D eigenvalue weighted by atomic mass is 19.4. The van der Waals surface area contributed by atoms with E-state index in [1.54, 1.807) is 36.5 Å². The highest BCUT2D eigenvalue weighted by molar-refractivity contribution is 5.87. The Balaban J connectivity index is 1.53. The van der Waals surface area contributed by atoms with Gasteiger partial charge in [0.15, 0.2) is 17.4 Å². The number of aromatic nitrogens is 2. The molecule has 0 aliphatic carbocycles. The number of benzene rings is 2. The first-order valence-electron chi connectivity index (χ1n) is 16.1. The average Bonchev–Trinajstić information content (AvgIpc) is 3.74. The summed E-state index contributed by atoms with van der Waals surface area (Å²) in [6.45, 7) is 5.61. The van der Waals surface area contributed by atoms with E-state index in [1.807, 2.05) is 30.9 Å². The molecular formula is C35H39F3N4O6. The van der Waals surface area contributed by atoms with E-state index in [1.165, 1.54) is 6.07 Å². The molecule has 2 aromatic heterocycles. The average molecular weight is 669 g/mol. The number of hydrogen-bond donors (Lipinski definition) is 1. The third-order valence-corrected chi connectivity index (χ3v) is 8.12. The predicted octanol–water partition coefficient (Wildman–Crippen LogP) is 6.34. The number of pyridine rings is 1. The second kappa shape index (κ2) is 15.5. The lowest BCUT2D eigenvalue weighted by Crippen LogP contribution is -2.43. The lowest BCUT2D eigenvalue weighted by molar-refractivity contribution is -0.163. The van der Waals surface area contributed by atoms with Crippen LogP contribution >= 0.6 is 0 Å². The number of rotatable bonds is 15. The first kappa shape index (κ1) is 34.7. The van der Waals surface area contributed by atoms with Gasteiger partial charge in [0.1, 0.15) is 18.1 Å². The van der Waals surface area contributed by atoms with Gasteiger partial charge < -0.3 is 24.5 Å². The number of nitrogens with two attached hydrogens (primary N) is 1. The first-order valence-corrected chi connectivity index (χ1v) is 16.1. The van der Waals surface area contributed by atoms with E-state index in [4.69, 9.17) is 24.5 Å². The van der Waals surface area contributed by atoms with Gasteiger partial charge in [0.25, 0.3) is 5.91 Å². The van der Waals surface area contributed by atoms with Gasteiger partial charge in [-0.3, -0.25) is 14.7 Å². The normalized spacial score (nSPS) is 14.9. The lowest BCUT2D eigenvalue weighted by Gasteiger charge is -2.26. The summed E-state index contributed by atoms with van der Waals surface area (Å²) >= 11 is 0. The van der Waals surface area contributed by atoms with Crippen molar-refractivity contribution in [2.45, 2.75) is 77.4 Å². The Kier molecular flexibility index (Phi) is 11.2. The van der Waals surface area contributed by atoms with Gasteiger partial charge in [-0.25, -0.2) is 4.79 Å². The number of amides is 1. The number of primary amides is 1. The Labute approximate surface area is 276 Å². The van der Waals surface area contributed by atoms with Crippen molar-refractivity contribution in [3.05, 3.63) is 82.8 Å². The van der Waals surface area contributed by atoms with Gasteiger partial charge in [0.2, 0.25) is 6.10 Å². The number of alkyl halides is 3. The minimum absolute atomic E-state index is 0.0616. The molecule has 48 heavy (non-hydrogen) atoms. The molecule has 3 heterocycles. The van der Waals surface area contributed by atoms with Crippen LogP contribution in [0.5, 0.6) is 11.5 Å². The van der Waals surface area contributed by atoms with Crippen LogP contribution in [0, 0.1) is 0 Å². The summed E-state index contributed by atoms with van der Waals surface area (Å²) < 4.78 is 65.0. The predicted molar refractivity (Wildman–Crippen MR) is 170 cm³/mol. The number of esters is 1. The standard InChI is InChI=1S/C35H39F3N4O6/c1-3-9-23-19-27-31(48-41-32(27)35(36,37)38)26(10-4-2)29(23)47-30(34(44)46-28(33(39)43)20-42-17-7-8-18-42)22-12-14-25(15-13-22)45-21-24-11-5-6-16-40-24/h5-6,11-16,19,28,30H,3-4,7-10,17-18,20-21H2,1-2H3,(H2,39,43)/t28-,30?/m1/s1. The van der Waals surface area contributed by atoms with Crippen LogP contribution in [0.2, 0.25) is 0 Å². The summed E-state index contributed by atoms with van der Waals surface area (Å²) in [5, 5.41) is 3.19. The number of carbonyl (C=O) groups excluding carboxylic acids is 2. The largest absolute Gasteiger partial charge is 0.487 e.